The van der Waals surface area contributed by atoms with Gasteiger partial charge in [0.25, 0.3) is 17.2 Å². The molecule has 1 aromatic heterocycles. The highest BCUT2D eigenvalue weighted by molar-refractivity contribution is 8.18. The number of carbonyl (C=O) groups is 2. The third-order valence-corrected chi connectivity index (χ3v) is 4.26. The number of aryl methyl sites for hydroxylation is 1. The van der Waals surface area contributed by atoms with Gasteiger partial charge in [0.15, 0.2) is 0 Å². The molecule has 0 radical (unpaired) electrons. The van der Waals surface area contributed by atoms with Gasteiger partial charge in [0.05, 0.1) is 17.1 Å². The number of anilines is 1. The zero-order valence-corrected chi connectivity index (χ0v) is 14.6. The number of hydrogen-bond donors (Lipinski definition) is 1. The molecule has 130 valence electrons. The summed E-state index contributed by atoms with van der Waals surface area (Å²) in [4.78, 5) is 29.2. The van der Waals surface area contributed by atoms with E-state index >= 15 is 0 Å². The second kappa shape index (κ2) is 7.43. The van der Waals surface area contributed by atoms with Crippen molar-refractivity contribution >= 4 is 35.0 Å². The van der Waals surface area contributed by atoms with E-state index in [1.807, 2.05) is 43.1 Å². The minimum atomic E-state index is -0.361. The van der Waals surface area contributed by atoms with Crippen LogP contribution in [0.1, 0.15) is 11.3 Å². The largest absolute Gasteiger partial charge is 0.492 e. The summed E-state index contributed by atoms with van der Waals surface area (Å²) in [5.41, 5.74) is 1.66. The van der Waals surface area contributed by atoms with Gasteiger partial charge in [-0.1, -0.05) is 12.1 Å². The Morgan fingerprint density at radius 1 is 1.32 bits per heavy atom. The first-order valence-corrected chi connectivity index (χ1v) is 8.44. The van der Waals surface area contributed by atoms with E-state index in [2.05, 4.69) is 10.3 Å². The normalized spacial score (nSPS) is 15.5. The summed E-state index contributed by atoms with van der Waals surface area (Å²) < 4.78 is 11.0. The molecule has 2 amide bonds. The number of nitrogens with one attached hydrogen (secondary N) is 1. The van der Waals surface area contributed by atoms with Crippen LogP contribution in [0.3, 0.4) is 0 Å². The zero-order valence-electron chi connectivity index (χ0n) is 13.8. The molecule has 0 atom stereocenters. The highest BCUT2D eigenvalue weighted by atomic mass is 32.2. The lowest BCUT2D eigenvalue weighted by atomic mass is 10.2. The lowest BCUT2D eigenvalue weighted by Crippen LogP contribution is -2.24. The molecular weight excluding hydrogens is 342 g/mol. The quantitative estimate of drug-likeness (QED) is 0.794. The van der Waals surface area contributed by atoms with Crippen LogP contribution in [0.5, 0.6) is 5.75 Å². The van der Waals surface area contributed by atoms with E-state index in [-0.39, 0.29) is 11.1 Å². The highest BCUT2D eigenvalue weighted by Gasteiger charge is 2.24. The van der Waals surface area contributed by atoms with Crippen molar-refractivity contribution in [2.75, 3.05) is 25.1 Å². The number of amides is 2. The standard InChI is InChI=1S/C17H17N3O4S/c1-11-10-24-16(18-11)20(2)7-8-23-13-5-3-12(4-6-13)9-14-15(21)19-17(22)25-14/h3-6,9-10H,7-8H2,1-2H3,(H,19,21,22)/b14-9+. The van der Waals surface area contributed by atoms with Crippen LogP contribution in [0.2, 0.25) is 0 Å². The molecule has 25 heavy (non-hydrogen) atoms. The van der Waals surface area contributed by atoms with Gasteiger partial charge in [-0.15, -0.1) is 0 Å². The van der Waals surface area contributed by atoms with E-state index in [1.165, 1.54) is 0 Å². The van der Waals surface area contributed by atoms with Crippen molar-refractivity contribution < 1.29 is 18.7 Å². The van der Waals surface area contributed by atoms with E-state index in [4.69, 9.17) is 9.15 Å². The highest BCUT2D eigenvalue weighted by Crippen LogP contribution is 2.26. The molecule has 3 rings (SSSR count). The van der Waals surface area contributed by atoms with Gasteiger partial charge in [-0.3, -0.25) is 14.9 Å². The van der Waals surface area contributed by atoms with Crippen molar-refractivity contribution in [3.8, 4) is 5.75 Å². The second-order valence-electron chi connectivity index (χ2n) is 5.46. The van der Waals surface area contributed by atoms with Gasteiger partial charge in [0.1, 0.15) is 18.6 Å². The monoisotopic (exact) mass is 359 g/mol. The van der Waals surface area contributed by atoms with Crippen molar-refractivity contribution in [1.29, 1.82) is 0 Å². The van der Waals surface area contributed by atoms with Crippen LogP contribution in [0, 0.1) is 6.92 Å². The number of aromatic nitrogens is 1. The number of imide groups is 1. The van der Waals surface area contributed by atoms with Crippen LogP contribution in [0.25, 0.3) is 6.08 Å². The van der Waals surface area contributed by atoms with E-state index in [9.17, 15) is 9.59 Å². The first-order valence-electron chi connectivity index (χ1n) is 7.62. The molecule has 7 nitrogen and oxygen atoms in total. The van der Waals surface area contributed by atoms with Crippen LogP contribution in [0.4, 0.5) is 10.8 Å². The maximum absolute atomic E-state index is 11.5. The van der Waals surface area contributed by atoms with E-state index in [0.29, 0.717) is 24.1 Å². The molecule has 2 aromatic rings. The number of ether oxygens (including phenoxy) is 1. The number of benzene rings is 1. The second-order valence-corrected chi connectivity index (χ2v) is 6.48. The molecule has 1 aliphatic heterocycles. The number of carbonyl (C=O) groups excluding carboxylic acids is 2. The molecular formula is C17H17N3O4S. The average Bonchev–Trinajstić information content (AvgIpc) is 3.14. The molecule has 8 heteroatoms. The van der Waals surface area contributed by atoms with Crippen LogP contribution in [0.15, 0.2) is 39.9 Å². The Labute approximate surface area is 149 Å². The Hall–Kier alpha value is -2.74. The molecule has 0 bridgehead atoms. The Morgan fingerprint density at radius 2 is 2.08 bits per heavy atom. The fraction of sp³-hybridized carbons (Fsp3) is 0.235. The van der Waals surface area contributed by atoms with Crippen molar-refractivity contribution in [3.05, 3.63) is 46.7 Å². The summed E-state index contributed by atoms with van der Waals surface area (Å²) in [5, 5.41) is 1.88. The molecule has 0 aliphatic carbocycles. The van der Waals surface area contributed by atoms with Gasteiger partial charge in [-0.25, -0.2) is 0 Å². The molecule has 1 aromatic carbocycles. The van der Waals surface area contributed by atoms with Crippen molar-refractivity contribution in [1.82, 2.24) is 10.3 Å². The number of hydrogen-bond acceptors (Lipinski definition) is 7. The summed E-state index contributed by atoms with van der Waals surface area (Å²) in [6.07, 6.45) is 3.28. The summed E-state index contributed by atoms with van der Waals surface area (Å²) in [7, 11) is 1.88. The fourth-order valence-corrected chi connectivity index (χ4v) is 2.83. The van der Waals surface area contributed by atoms with Crippen LogP contribution in [-0.2, 0) is 4.79 Å². The zero-order chi connectivity index (χ0) is 17.8. The smallest absolute Gasteiger partial charge is 0.297 e. The van der Waals surface area contributed by atoms with Gasteiger partial charge < -0.3 is 14.1 Å². The van der Waals surface area contributed by atoms with Gasteiger partial charge in [-0.2, -0.15) is 4.98 Å². The van der Waals surface area contributed by atoms with Crippen molar-refractivity contribution in [2.45, 2.75) is 6.92 Å². The summed E-state index contributed by atoms with van der Waals surface area (Å²) in [6, 6.07) is 7.87. The topological polar surface area (TPSA) is 84.7 Å². The first kappa shape index (κ1) is 17.1. The SMILES string of the molecule is Cc1coc(N(C)CCOc2ccc(/C=C3/SC(=O)NC3=O)cc2)n1. The maximum atomic E-state index is 11.5. The number of nitrogens with zero attached hydrogens (tertiary/aromatic N) is 2. The number of rotatable bonds is 6. The van der Waals surface area contributed by atoms with Crippen LogP contribution >= 0.6 is 11.8 Å². The average molecular weight is 359 g/mol. The van der Waals surface area contributed by atoms with Gasteiger partial charge in [-0.05, 0) is 42.5 Å². The van der Waals surface area contributed by atoms with Crippen molar-refractivity contribution in [3.63, 3.8) is 0 Å². The third-order valence-electron chi connectivity index (χ3n) is 3.45. The van der Waals surface area contributed by atoms with Crippen LogP contribution < -0.4 is 15.0 Å². The fourth-order valence-electron chi connectivity index (χ4n) is 2.15. The third kappa shape index (κ3) is 4.42. The molecule has 1 saturated heterocycles. The molecule has 0 saturated carbocycles. The van der Waals surface area contributed by atoms with E-state index < -0.39 is 0 Å². The predicted octanol–water partition coefficient (Wildman–Crippen LogP) is 2.82. The van der Waals surface area contributed by atoms with E-state index in [0.717, 1.165) is 28.8 Å². The van der Waals surface area contributed by atoms with E-state index in [1.54, 1.807) is 12.3 Å². The molecule has 1 fully saturated rings. The molecule has 0 spiro atoms. The predicted molar refractivity (Wildman–Crippen MR) is 95.6 cm³/mol. The number of oxazole rings is 1. The molecule has 1 N–H and O–H groups in total. The summed E-state index contributed by atoms with van der Waals surface area (Å²) >= 11 is 0.899. The molecule has 2 heterocycles. The number of likely N-dealkylation sites (N-methyl/N-ethyl adjacent to an activating group) is 1. The van der Waals surface area contributed by atoms with Gasteiger partial charge in [0.2, 0.25) is 0 Å². The lowest BCUT2D eigenvalue weighted by molar-refractivity contribution is -0.115. The minimum Gasteiger partial charge on any atom is -0.492 e. The minimum absolute atomic E-state index is 0.346. The lowest BCUT2D eigenvalue weighted by Gasteiger charge is -2.14. The summed E-state index contributed by atoms with van der Waals surface area (Å²) in [5.74, 6) is 0.360. The summed E-state index contributed by atoms with van der Waals surface area (Å²) in [6.45, 7) is 2.98. The Kier molecular flexibility index (Phi) is 5.08. The van der Waals surface area contributed by atoms with Crippen molar-refractivity contribution in [2.24, 2.45) is 0 Å². The number of thioether (sulfide) groups is 1. The van der Waals surface area contributed by atoms with Crippen LogP contribution in [-0.4, -0.2) is 36.3 Å². The first-order chi connectivity index (χ1) is 12.0. The Morgan fingerprint density at radius 3 is 2.68 bits per heavy atom. The molecule has 0 unspecified atom stereocenters. The maximum Gasteiger partial charge on any atom is 0.297 e. The Balaban J connectivity index is 1.52. The van der Waals surface area contributed by atoms with Gasteiger partial charge >= 0.3 is 0 Å². The molecule has 1 aliphatic rings. The van der Waals surface area contributed by atoms with Gasteiger partial charge in [0, 0.05) is 7.05 Å². The Bertz CT molecular complexity index is 814.